The van der Waals surface area contributed by atoms with Crippen molar-refractivity contribution in [2.45, 2.75) is 19.3 Å². The van der Waals surface area contributed by atoms with Crippen LogP contribution in [0, 0.1) is 0 Å². The van der Waals surface area contributed by atoms with Crippen LogP contribution in [0.2, 0.25) is 0 Å². The first-order chi connectivity index (χ1) is 10.3. The van der Waals surface area contributed by atoms with Gasteiger partial charge in [-0.05, 0) is 45.7 Å². The average Bonchev–Trinajstić information content (AvgIpc) is 2.55. The summed E-state index contributed by atoms with van der Waals surface area (Å²) in [6.07, 6.45) is 1.14. The Morgan fingerprint density at radius 3 is 2.33 bits per heavy atom. The van der Waals surface area contributed by atoms with Crippen LogP contribution in [-0.4, -0.2) is 0 Å². The van der Waals surface area contributed by atoms with Crippen molar-refractivity contribution in [2.75, 3.05) is 0 Å². The van der Waals surface area contributed by atoms with Gasteiger partial charge in [0, 0.05) is 0 Å². The first-order valence-electron chi connectivity index (χ1n) is 7.60. The Labute approximate surface area is 126 Å². The van der Waals surface area contributed by atoms with Crippen molar-refractivity contribution >= 4 is 0 Å². The van der Waals surface area contributed by atoms with Crippen LogP contribution in [0.15, 0.2) is 72.8 Å². The van der Waals surface area contributed by atoms with Gasteiger partial charge in [0.1, 0.15) is 0 Å². The monoisotopic (exact) mass is 270 g/mol. The highest BCUT2D eigenvalue weighted by Crippen LogP contribution is 2.40. The number of benzene rings is 3. The van der Waals surface area contributed by atoms with E-state index in [9.17, 15) is 0 Å². The molecule has 0 nitrogen and oxygen atoms in total. The summed E-state index contributed by atoms with van der Waals surface area (Å²) < 4.78 is 0. The molecule has 102 valence electrons. The number of fused-ring (bicyclic) bond motifs is 3. The van der Waals surface area contributed by atoms with Gasteiger partial charge in [-0.25, -0.2) is 0 Å². The molecule has 0 heteroatoms. The lowest BCUT2D eigenvalue weighted by Gasteiger charge is -2.26. The van der Waals surface area contributed by atoms with Crippen molar-refractivity contribution in [3.8, 4) is 22.3 Å². The second-order valence-corrected chi connectivity index (χ2v) is 5.93. The van der Waals surface area contributed by atoms with E-state index in [2.05, 4.69) is 79.7 Å². The third-order valence-electron chi connectivity index (χ3n) is 4.52. The van der Waals surface area contributed by atoms with Gasteiger partial charge in [-0.1, -0.05) is 79.7 Å². The van der Waals surface area contributed by atoms with E-state index < -0.39 is 0 Å². The summed E-state index contributed by atoms with van der Waals surface area (Å²) in [6.45, 7) is 2.34. The number of hydrogen-bond acceptors (Lipinski definition) is 0. The third-order valence-corrected chi connectivity index (χ3v) is 4.52. The zero-order chi connectivity index (χ0) is 14.2. The molecule has 21 heavy (non-hydrogen) atoms. The zero-order valence-corrected chi connectivity index (χ0v) is 12.2. The third kappa shape index (κ3) is 2.08. The Balaban J connectivity index is 1.89. The van der Waals surface area contributed by atoms with Crippen molar-refractivity contribution < 1.29 is 0 Å². The van der Waals surface area contributed by atoms with Crippen molar-refractivity contribution in [1.82, 2.24) is 0 Å². The second-order valence-electron chi connectivity index (χ2n) is 5.93. The lowest BCUT2D eigenvalue weighted by Crippen LogP contribution is -2.08. The van der Waals surface area contributed by atoms with Gasteiger partial charge < -0.3 is 0 Å². The molecule has 0 saturated carbocycles. The Morgan fingerprint density at radius 1 is 0.714 bits per heavy atom. The number of hydrogen-bond donors (Lipinski definition) is 0. The molecule has 1 atom stereocenters. The molecule has 0 aliphatic heterocycles. The first kappa shape index (κ1) is 12.4. The summed E-state index contributed by atoms with van der Waals surface area (Å²) in [6, 6.07) is 26.4. The molecule has 0 amide bonds. The minimum atomic E-state index is 0.582. The van der Waals surface area contributed by atoms with Crippen LogP contribution >= 0.6 is 0 Å². The van der Waals surface area contributed by atoms with Crippen molar-refractivity contribution in [3.05, 3.63) is 83.9 Å². The fourth-order valence-electron chi connectivity index (χ4n) is 3.43. The topological polar surface area (TPSA) is 0 Å². The van der Waals surface area contributed by atoms with Gasteiger partial charge in [-0.2, -0.15) is 0 Å². The van der Waals surface area contributed by atoms with E-state index in [1.165, 1.54) is 33.4 Å². The van der Waals surface area contributed by atoms with Crippen molar-refractivity contribution in [2.24, 2.45) is 0 Å². The highest BCUT2D eigenvalue weighted by Gasteiger charge is 2.21. The highest BCUT2D eigenvalue weighted by atomic mass is 14.3. The van der Waals surface area contributed by atoms with Gasteiger partial charge in [-0.15, -0.1) is 0 Å². The summed E-state index contributed by atoms with van der Waals surface area (Å²) in [5.74, 6) is 0.582. The van der Waals surface area contributed by atoms with Crippen LogP contribution in [0.3, 0.4) is 0 Å². The molecule has 0 fully saturated rings. The molecule has 1 aliphatic rings. The van der Waals surface area contributed by atoms with Crippen LogP contribution in [0.1, 0.15) is 24.0 Å². The van der Waals surface area contributed by atoms with E-state index in [1.807, 2.05) is 0 Å². The van der Waals surface area contributed by atoms with Crippen molar-refractivity contribution in [1.29, 1.82) is 0 Å². The highest BCUT2D eigenvalue weighted by molar-refractivity contribution is 5.78. The quantitative estimate of drug-likeness (QED) is 0.533. The standard InChI is InChI=1S/C21H18/c1-15-13-18-9-5-6-10-19(18)20-12-11-17(14-21(15)20)16-7-3-2-4-8-16/h2-12,14-15H,13H2,1H3. The van der Waals surface area contributed by atoms with E-state index in [0.29, 0.717) is 5.92 Å². The minimum absolute atomic E-state index is 0.582. The molecular weight excluding hydrogens is 252 g/mol. The lowest BCUT2D eigenvalue weighted by atomic mass is 9.78. The van der Waals surface area contributed by atoms with E-state index in [-0.39, 0.29) is 0 Å². The fourth-order valence-corrected chi connectivity index (χ4v) is 3.43. The molecule has 4 rings (SSSR count). The average molecular weight is 270 g/mol. The van der Waals surface area contributed by atoms with Gasteiger partial charge >= 0.3 is 0 Å². The second kappa shape index (κ2) is 4.89. The Bertz CT molecular complexity index is 784. The van der Waals surface area contributed by atoms with E-state index in [4.69, 9.17) is 0 Å². The Kier molecular flexibility index (Phi) is 2.89. The molecule has 0 heterocycles. The largest absolute Gasteiger partial charge is 0.0622 e. The van der Waals surface area contributed by atoms with Gasteiger partial charge in [0.2, 0.25) is 0 Å². The molecule has 0 aromatic heterocycles. The fraction of sp³-hybridized carbons (Fsp3) is 0.143. The molecule has 1 unspecified atom stereocenters. The van der Waals surface area contributed by atoms with Crippen LogP contribution < -0.4 is 0 Å². The number of rotatable bonds is 1. The first-order valence-corrected chi connectivity index (χ1v) is 7.60. The summed E-state index contributed by atoms with van der Waals surface area (Å²) in [5.41, 5.74) is 8.39. The van der Waals surface area contributed by atoms with Crippen LogP contribution in [0.25, 0.3) is 22.3 Å². The van der Waals surface area contributed by atoms with Gasteiger partial charge in [0.25, 0.3) is 0 Å². The molecule has 1 aliphatic carbocycles. The minimum Gasteiger partial charge on any atom is -0.0622 e. The molecular formula is C21H18. The lowest BCUT2D eigenvalue weighted by molar-refractivity contribution is 0.749. The summed E-state index contributed by atoms with van der Waals surface area (Å²) >= 11 is 0. The summed E-state index contributed by atoms with van der Waals surface area (Å²) in [7, 11) is 0. The smallest absolute Gasteiger partial charge is 0.0143 e. The van der Waals surface area contributed by atoms with Gasteiger partial charge in [0.15, 0.2) is 0 Å². The molecule has 0 bridgehead atoms. The molecule has 3 aromatic carbocycles. The maximum Gasteiger partial charge on any atom is -0.0143 e. The molecule has 3 aromatic rings. The van der Waals surface area contributed by atoms with Gasteiger partial charge in [-0.3, -0.25) is 0 Å². The molecule has 0 N–H and O–H groups in total. The maximum absolute atomic E-state index is 2.38. The zero-order valence-electron chi connectivity index (χ0n) is 12.2. The van der Waals surface area contributed by atoms with Crippen LogP contribution in [0.5, 0.6) is 0 Å². The Morgan fingerprint density at radius 2 is 1.48 bits per heavy atom. The maximum atomic E-state index is 2.38. The van der Waals surface area contributed by atoms with E-state index in [1.54, 1.807) is 0 Å². The SMILES string of the molecule is CC1Cc2ccccc2-c2ccc(-c3ccccc3)cc21. The van der Waals surface area contributed by atoms with Crippen molar-refractivity contribution in [3.63, 3.8) is 0 Å². The molecule has 0 radical (unpaired) electrons. The molecule has 0 saturated heterocycles. The van der Waals surface area contributed by atoms with E-state index >= 15 is 0 Å². The summed E-state index contributed by atoms with van der Waals surface area (Å²) in [5, 5.41) is 0. The van der Waals surface area contributed by atoms with Gasteiger partial charge in [0.05, 0.1) is 0 Å². The Hall–Kier alpha value is -2.34. The normalized spacial score (nSPS) is 16.1. The van der Waals surface area contributed by atoms with E-state index in [0.717, 1.165) is 6.42 Å². The predicted octanol–water partition coefficient (Wildman–Crippen LogP) is 5.68. The summed E-state index contributed by atoms with van der Waals surface area (Å²) in [4.78, 5) is 0. The van der Waals surface area contributed by atoms with Crippen LogP contribution in [-0.2, 0) is 6.42 Å². The predicted molar refractivity (Wildman–Crippen MR) is 89.4 cm³/mol. The van der Waals surface area contributed by atoms with Crippen LogP contribution in [0.4, 0.5) is 0 Å². The molecule has 0 spiro atoms.